The number of pyridine rings is 1. The zero-order chi connectivity index (χ0) is 59.0. The summed E-state index contributed by atoms with van der Waals surface area (Å²) in [7, 11) is 0. The molecule has 0 fully saturated rings. The van der Waals surface area contributed by atoms with Gasteiger partial charge in [0.2, 0.25) is 0 Å². The normalized spacial score (nSPS) is 8.44. The average molecular weight is 1050 g/mol. The number of hydrogen-bond donors (Lipinski definition) is 1. The molecule has 8 aromatic rings. The first kappa shape index (κ1) is 72.7. The summed E-state index contributed by atoms with van der Waals surface area (Å²) in [4.78, 5) is 22.3. The predicted molar refractivity (Wildman–Crippen MR) is 328 cm³/mol. The van der Waals surface area contributed by atoms with Gasteiger partial charge in [-0.25, -0.2) is 0 Å². The summed E-state index contributed by atoms with van der Waals surface area (Å²) in [6.45, 7) is 27.5. The number of allylic oxidation sites excluding steroid dienone is 2. The second-order valence-corrected chi connectivity index (χ2v) is 15.0. The van der Waals surface area contributed by atoms with Crippen molar-refractivity contribution in [2.45, 2.75) is 96.9 Å². The Morgan fingerprint density at radius 3 is 1.18 bits per heavy atom. The van der Waals surface area contributed by atoms with Crippen molar-refractivity contribution < 1.29 is 19.1 Å². The zero-order valence-electron chi connectivity index (χ0n) is 48.0. The summed E-state index contributed by atoms with van der Waals surface area (Å²) in [5.41, 5.74) is 33.5. The Bertz CT molecular complexity index is 2750. The number of carbonyl (C=O) groups is 1. The monoisotopic (exact) mass is 1050 g/mol. The number of azide groups is 3. The summed E-state index contributed by atoms with van der Waals surface area (Å²) in [6, 6.07) is 57.9. The number of hydrogen-bond acceptors (Lipinski definition) is 8. The molecule has 8 rings (SSSR count). The van der Waals surface area contributed by atoms with Gasteiger partial charge in [0.15, 0.2) is 0 Å². The molecule has 0 aliphatic heterocycles. The molecule has 410 valence electrons. The van der Waals surface area contributed by atoms with Crippen LogP contribution in [0.25, 0.3) is 43.5 Å². The lowest BCUT2D eigenvalue weighted by Crippen LogP contribution is -2.00. The van der Waals surface area contributed by atoms with Gasteiger partial charge in [0.1, 0.15) is 17.3 Å². The van der Waals surface area contributed by atoms with Crippen LogP contribution in [0.4, 0.5) is 17.1 Å². The van der Waals surface area contributed by atoms with E-state index in [0.717, 1.165) is 22.5 Å². The fourth-order valence-electron chi connectivity index (χ4n) is 4.99. The van der Waals surface area contributed by atoms with Crippen LogP contribution in [0.1, 0.15) is 103 Å². The van der Waals surface area contributed by atoms with E-state index in [4.69, 9.17) is 30.9 Å². The van der Waals surface area contributed by atoms with Gasteiger partial charge in [-0.3, -0.25) is 9.78 Å². The highest BCUT2D eigenvalue weighted by atomic mass is 16.5. The zero-order valence-corrected chi connectivity index (χ0v) is 48.0. The molecule has 14 nitrogen and oxygen atoms in total. The Morgan fingerprint density at radius 1 is 0.513 bits per heavy atom. The predicted octanol–water partition coefficient (Wildman–Crippen LogP) is 21.7. The van der Waals surface area contributed by atoms with Crippen LogP contribution < -0.4 is 4.74 Å². The first-order chi connectivity index (χ1) is 37.8. The van der Waals surface area contributed by atoms with Crippen LogP contribution in [0.15, 0.2) is 238 Å². The highest BCUT2D eigenvalue weighted by molar-refractivity contribution is 5.69. The number of phenolic OH excluding ortho intramolecular Hbond substituents is 1. The Balaban J connectivity index is -0.000000821. The van der Waals surface area contributed by atoms with E-state index in [2.05, 4.69) is 60.2 Å². The largest absolute Gasteiger partial charge is 0.508 e. The van der Waals surface area contributed by atoms with Crippen molar-refractivity contribution in [1.29, 1.82) is 0 Å². The van der Waals surface area contributed by atoms with E-state index in [9.17, 15) is 4.79 Å². The maximum atomic E-state index is 10.4. The van der Waals surface area contributed by atoms with E-state index in [0.29, 0.717) is 28.6 Å². The summed E-state index contributed by atoms with van der Waals surface area (Å²) >= 11 is 0. The number of ether oxygens (including phenoxy) is 1. The lowest BCUT2D eigenvalue weighted by Gasteiger charge is -1.97. The summed E-state index contributed by atoms with van der Waals surface area (Å²) < 4.78 is 9.61. The number of esters is 1. The fourth-order valence-corrected chi connectivity index (χ4v) is 4.99. The third-order valence-electron chi connectivity index (χ3n) is 8.33. The van der Waals surface area contributed by atoms with Gasteiger partial charge in [-0.2, -0.15) is 0 Å². The Kier molecular flexibility index (Phi) is 48.7. The van der Waals surface area contributed by atoms with Crippen LogP contribution in [0.2, 0.25) is 0 Å². The van der Waals surface area contributed by atoms with E-state index in [-0.39, 0.29) is 5.97 Å². The quantitative estimate of drug-likeness (QED) is 0.0563. The number of rotatable bonds is 6. The van der Waals surface area contributed by atoms with E-state index >= 15 is 0 Å². The van der Waals surface area contributed by atoms with Crippen LogP contribution >= 0.6 is 0 Å². The van der Waals surface area contributed by atoms with E-state index in [1.54, 1.807) is 91.5 Å². The van der Waals surface area contributed by atoms with Crippen molar-refractivity contribution in [3.05, 3.63) is 283 Å². The SMILES string of the molecule is CC.CC.CC.CC(=O)Oc1ccccc1.CC(C)=Cc1ccc(N=[N+]=[N-])cc1.CC=Cc1ccc(N=[N+]=[N-])cc1.Cc1ccc(N=[N+]=[N-])cc1.Cc1ccccc1.Cc1ccco1.Cc1ccncc1.Oc1ccccc1. The number of nitrogens with zero attached hydrogens (tertiary/aromatic N) is 10. The molecule has 14 heteroatoms. The van der Waals surface area contributed by atoms with Gasteiger partial charge in [0.25, 0.3) is 0 Å². The van der Waals surface area contributed by atoms with Gasteiger partial charge >= 0.3 is 5.97 Å². The van der Waals surface area contributed by atoms with Crippen molar-refractivity contribution in [1.82, 2.24) is 4.98 Å². The topological polar surface area (TPSA) is 219 Å². The molecule has 78 heavy (non-hydrogen) atoms. The molecule has 0 unspecified atom stereocenters. The number of furan rings is 1. The number of aromatic hydroxyl groups is 1. The molecule has 1 N–H and O–H groups in total. The minimum atomic E-state index is -0.286. The van der Waals surface area contributed by atoms with Gasteiger partial charge < -0.3 is 14.3 Å². The molecule has 0 saturated carbocycles. The highest BCUT2D eigenvalue weighted by Gasteiger charge is 1.93. The lowest BCUT2D eigenvalue weighted by molar-refractivity contribution is -0.131. The third-order valence-corrected chi connectivity index (χ3v) is 8.33. The van der Waals surface area contributed by atoms with Crippen LogP contribution in [-0.4, -0.2) is 16.1 Å². The number of para-hydroxylation sites is 2. The van der Waals surface area contributed by atoms with Crippen molar-refractivity contribution in [2.75, 3.05) is 0 Å². The molecule has 0 spiro atoms. The molecule has 0 bridgehead atoms. The molecule has 2 heterocycles. The molecule has 0 radical (unpaired) electrons. The van der Waals surface area contributed by atoms with Crippen molar-refractivity contribution in [3.8, 4) is 11.5 Å². The molecule has 0 amide bonds. The van der Waals surface area contributed by atoms with Gasteiger partial charge in [0, 0.05) is 51.1 Å². The molecule has 0 saturated heterocycles. The second-order valence-electron chi connectivity index (χ2n) is 15.0. The third kappa shape index (κ3) is 45.1. The summed E-state index contributed by atoms with van der Waals surface area (Å²) in [5.74, 6) is 1.60. The molecule has 6 aromatic carbocycles. The summed E-state index contributed by atoms with van der Waals surface area (Å²) in [6.07, 6.45) is 11.3. The van der Waals surface area contributed by atoms with Crippen LogP contribution in [-0.2, 0) is 4.79 Å². The van der Waals surface area contributed by atoms with Crippen molar-refractivity contribution >= 4 is 35.2 Å². The average Bonchev–Trinajstić information content (AvgIpc) is 3.95. The van der Waals surface area contributed by atoms with Crippen molar-refractivity contribution in [2.24, 2.45) is 15.3 Å². The Labute approximate surface area is 464 Å². The molecule has 0 aliphatic carbocycles. The molecule has 0 aliphatic rings. The molecule has 0 atom stereocenters. The van der Waals surface area contributed by atoms with E-state index in [1.807, 2.05) is 198 Å². The Hall–Kier alpha value is -9.57. The number of phenols is 1. The summed E-state index contributed by atoms with van der Waals surface area (Å²) in [5, 5.41) is 19.0. The number of aromatic nitrogens is 1. The second kappa shape index (κ2) is 52.3. The van der Waals surface area contributed by atoms with E-state index in [1.165, 1.54) is 23.6 Å². The number of aryl methyl sites for hydroxylation is 4. The van der Waals surface area contributed by atoms with Gasteiger partial charge in [-0.1, -0.05) is 231 Å². The maximum Gasteiger partial charge on any atom is 0.308 e. The lowest BCUT2D eigenvalue weighted by atomic mass is 10.1. The number of benzene rings is 6. The fraction of sp³-hybridized carbons (Fsp3) is 0.219. The molecule has 2 aromatic heterocycles. The molecular formula is C64H80N10O4. The minimum absolute atomic E-state index is 0.286. The minimum Gasteiger partial charge on any atom is -0.508 e. The highest BCUT2D eigenvalue weighted by Crippen LogP contribution is 2.16. The van der Waals surface area contributed by atoms with Gasteiger partial charge in [-0.15, -0.1) is 0 Å². The maximum absolute atomic E-state index is 10.4. The van der Waals surface area contributed by atoms with Crippen molar-refractivity contribution in [3.63, 3.8) is 0 Å². The van der Waals surface area contributed by atoms with Crippen LogP contribution in [0, 0.1) is 27.7 Å². The van der Waals surface area contributed by atoms with Crippen LogP contribution in [0.3, 0.4) is 0 Å². The molecular weight excluding hydrogens is 973 g/mol. The first-order valence-electron chi connectivity index (χ1n) is 25.3. The smallest absolute Gasteiger partial charge is 0.308 e. The number of carbonyl (C=O) groups excluding carboxylic acids is 1. The van der Waals surface area contributed by atoms with E-state index < -0.39 is 0 Å². The standard InChI is InChI=1S/C10H11N3.C9H9N3.C8H8O2.C7H7N3.C7H8.C6H7N.C6H6O.C5H6O.3C2H6/c1-8(2)7-9-3-5-10(6-4-9)12-13-11;1-2-3-8-4-6-9(7-5-8)11-12-10;1-7(9)10-8-5-3-2-4-6-8;1-6-2-4-7(5-3-6)9-10-8;1-7-5-3-2-4-6-7;1-6-2-4-7-5-3-6;7-6-4-2-1-3-5-6;1-5-3-2-4-6-5;3*1-2/h3-7H,1-2H3;2-7H,1H3;2-6H,1H3;2-5H,1H3;2-6H,1H3;2-5H,1H3;1-5,7H;2-4H,1H3;3*1-2H3. The first-order valence-corrected chi connectivity index (χ1v) is 25.3. The van der Waals surface area contributed by atoms with Crippen LogP contribution in [0.5, 0.6) is 11.5 Å². The van der Waals surface area contributed by atoms with Gasteiger partial charge in [-0.05, 0) is 130 Å². The Morgan fingerprint density at radius 2 is 0.897 bits per heavy atom. The van der Waals surface area contributed by atoms with Gasteiger partial charge in [0.05, 0.1) is 6.26 Å².